The van der Waals surface area contributed by atoms with E-state index in [0.29, 0.717) is 12.4 Å². The standard InChI is InChI=1S/C12H17NO3S/c1-9-2-4-10(5-3-9)16-6-7-17-8-11(13)12(14)15/h2-5,11H,6-8,13H2,1H3,(H,14,15)/t11-/m1/s1. The number of aliphatic carboxylic acids is 1. The van der Waals surface area contributed by atoms with Crippen molar-refractivity contribution < 1.29 is 14.6 Å². The van der Waals surface area contributed by atoms with Crippen molar-refractivity contribution in [3.05, 3.63) is 29.8 Å². The molecular weight excluding hydrogens is 238 g/mol. The van der Waals surface area contributed by atoms with Crippen molar-refractivity contribution in [2.75, 3.05) is 18.1 Å². The first kappa shape index (κ1) is 13.9. The molecule has 0 radical (unpaired) electrons. The summed E-state index contributed by atoms with van der Waals surface area (Å²) in [6, 6.07) is 7.02. The van der Waals surface area contributed by atoms with Crippen LogP contribution in [0.15, 0.2) is 24.3 Å². The van der Waals surface area contributed by atoms with Gasteiger partial charge in [0.25, 0.3) is 0 Å². The minimum atomic E-state index is -0.961. The highest BCUT2D eigenvalue weighted by molar-refractivity contribution is 7.99. The van der Waals surface area contributed by atoms with Crippen LogP contribution in [0.25, 0.3) is 0 Å². The van der Waals surface area contributed by atoms with Gasteiger partial charge in [0.1, 0.15) is 11.8 Å². The van der Waals surface area contributed by atoms with Gasteiger partial charge in [-0.15, -0.1) is 0 Å². The molecule has 94 valence electrons. The summed E-state index contributed by atoms with van der Waals surface area (Å²) in [5, 5.41) is 8.57. The highest BCUT2D eigenvalue weighted by Gasteiger charge is 2.10. The largest absolute Gasteiger partial charge is 0.493 e. The van der Waals surface area contributed by atoms with Crippen LogP contribution in [0.4, 0.5) is 0 Å². The van der Waals surface area contributed by atoms with Crippen molar-refractivity contribution in [1.29, 1.82) is 0 Å². The van der Waals surface area contributed by atoms with E-state index in [-0.39, 0.29) is 0 Å². The lowest BCUT2D eigenvalue weighted by Gasteiger charge is -2.08. The molecule has 0 heterocycles. The van der Waals surface area contributed by atoms with Crippen LogP contribution in [0.1, 0.15) is 5.56 Å². The average molecular weight is 255 g/mol. The van der Waals surface area contributed by atoms with Crippen LogP contribution in [-0.2, 0) is 4.79 Å². The Balaban J connectivity index is 2.12. The summed E-state index contributed by atoms with van der Waals surface area (Å²) in [5.41, 5.74) is 6.56. The van der Waals surface area contributed by atoms with E-state index in [4.69, 9.17) is 15.6 Å². The molecule has 1 rings (SSSR count). The van der Waals surface area contributed by atoms with E-state index in [1.807, 2.05) is 31.2 Å². The number of carboxylic acids is 1. The minimum Gasteiger partial charge on any atom is -0.493 e. The second-order valence-electron chi connectivity index (χ2n) is 3.68. The van der Waals surface area contributed by atoms with Crippen molar-refractivity contribution in [3.8, 4) is 5.75 Å². The Morgan fingerprint density at radius 3 is 2.71 bits per heavy atom. The predicted octanol–water partition coefficient (Wildman–Crippen LogP) is 1.52. The molecule has 0 saturated carbocycles. The van der Waals surface area contributed by atoms with Crippen LogP contribution in [-0.4, -0.2) is 35.2 Å². The lowest BCUT2D eigenvalue weighted by atomic mass is 10.2. The molecule has 0 aliphatic rings. The Labute approximate surface area is 105 Å². The van der Waals surface area contributed by atoms with Crippen molar-refractivity contribution in [1.82, 2.24) is 0 Å². The number of ether oxygens (including phenoxy) is 1. The molecule has 0 aromatic heterocycles. The van der Waals surface area contributed by atoms with Crippen LogP contribution in [0, 0.1) is 6.92 Å². The van der Waals surface area contributed by atoms with E-state index >= 15 is 0 Å². The van der Waals surface area contributed by atoms with E-state index < -0.39 is 12.0 Å². The monoisotopic (exact) mass is 255 g/mol. The van der Waals surface area contributed by atoms with Gasteiger partial charge in [0.05, 0.1) is 6.61 Å². The second-order valence-corrected chi connectivity index (χ2v) is 4.83. The van der Waals surface area contributed by atoms with Crippen molar-refractivity contribution in [3.63, 3.8) is 0 Å². The second kappa shape index (κ2) is 7.19. The number of benzene rings is 1. The van der Waals surface area contributed by atoms with Crippen LogP contribution in [0.2, 0.25) is 0 Å². The molecule has 0 bridgehead atoms. The van der Waals surface area contributed by atoms with E-state index in [9.17, 15) is 4.79 Å². The zero-order valence-corrected chi connectivity index (χ0v) is 10.6. The van der Waals surface area contributed by atoms with Crippen LogP contribution < -0.4 is 10.5 Å². The summed E-state index contributed by atoms with van der Waals surface area (Å²) >= 11 is 1.48. The molecule has 0 aliphatic heterocycles. The lowest BCUT2D eigenvalue weighted by molar-refractivity contribution is -0.137. The predicted molar refractivity (Wildman–Crippen MR) is 69.6 cm³/mol. The number of rotatable bonds is 7. The quantitative estimate of drug-likeness (QED) is 0.723. The average Bonchev–Trinajstić information content (AvgIpc) is 2.30. The Kier molecular flexibility index (Phi) is 5.86. The van der Waals surface area contributed by atoms with Gasteiger partial charge >= 0.3 is 5.97 Å². The summed E-state index contributed by atoms with van der Waals surface area (Å²) in [4.78, 5) is 10.4. The fraction of sp³-hybridized carbons (Fsp3) is 0.417. The number of hydrogen-bond acceptors (Lipinski definition) is 4. The lowest BCUT2D eigenvalue weighted by Crippen LogP contribution is -2.32. The van der Waals surface area contributed by atoms with E-state index in [1.54, 1.807) is 0 Å². The molecule has 17 heavy (non-hydrogen) atoms. The summed E-state index contributed by atoms with van der Waals surface area (Å²) in [7, 11) is 0. The molecule has 1 atom stereocenters. The molecule has 0 spiro atoms. The number of carbonyl (C=O) groups is 1. The summed E-state index contributed by atoms with van der Waals surface area (Å²) < 4.78 is 5.49. The molecule has 3 N–H and O–H groups in total. The molecule has 0 amide bonds. The molecule has 4 nitrogen and oxygen atoms in total. The molecular formula is C12H17NO3S. The van der Waals surface area contributed by atoms with Gasteiger partial charge in [-0.2, -0.15) is 11.8 Å². The smallest absolute Gasteiger partial charge is 0.321 e. The fourth-order valence-corrected chi connectivity index (χ4v) is 1.90. The van der Waals surface area contributed by atoms with E-state index in [0.717, 1.165) is 11.5 Å². The number of nitrogens with two attached hydrogens (primary N) is 1. The maximum atomic E-state index is 10.4. The Bertz CT molecular complexity index is 353. The third kappa shape index (κ3) is 5.60. The first-order chi connectivity index (χ1) is 8.09. The van der Waals surface area contributed by atoms with E-state index in [1.165, 1.54) is 17.3 Å². The SMILES string of the molecule is Cc1ccc(OCCSC[C@@H](N)C(=O)O)cc1. The molecule has 0 fully saturated rings. The van der Waals surface area contributed by atoms with Crippen molar-refractivity contribution in [2.24, 2.45) is 5.73 Å². The molecule has 0 unspecified atom stereocenters. The van der Waals surface area contributed by atoms with Gasteiger partial charge in [0.2, 0.25) is 0 Å². The molecule has 0 aliphatic carbocycles. The normalized spacial score (nSPS) is 12.1. The zero-order valence-electron chi connectivity index (χ0n) is 9.76. The first-order valence-corrected chi connectivity index (χ1v) is 6.50. The molecule has 5 heteroatoms. The third-order valence-corrected chi connectivity index (χ3v) is 3.18. The van der Waals surface area contributed by atoms with Crippen molar-refractivity contribution in [2.45, 2.75) is 13.0 Å². The van der Waals surface area contributed by atoms with Crippen molar-refractivity contribution >= 4 is 17.7 Å². The third-order valence-electron chi connectivity index (χ3n) is 2.13. The van der Waals surface area contributed by atoms with Gasteiger partial charge in [0, 0.05) is 11.5 Å². The highest BCUT2D eigenvalue weighted by atomic mass is 32.2. The maximum absolute atomic E-state index is 10.4. The fourth-order valence-electron chi connectivity index (χ4n) is 1.13. The molecule has 1 aromatic carbocycles. The molecule has 1 aromatic rings. The van der Waals surface area contributed by atoms with Crippen LogP contribution in [0.5, 0.6) is 5.75 Å². The highest BCUT2D eigenvalue weighted by Crippen LogP contribution is 2.12. The Hall–Kier alpha value is -1.20. The van der Waals surface area contributed by atoms with Gasteiger partial charge in [-0.25, -0.2) is 0 Å². The Morgan fingerprint density at radius 2 is 2.12 bits per heavy atom. The van der Waals surface area contributed by atoms with Gasteiger partial charge in [0.15, 0.2) is 0 Å². The van der Waals surface area contributed by atoms with Gasteiger partial charge in [-0.05, 0) is 19.1 Å². The Morgan fingerprint density at radius 1 is 1.47 bits per heavy atom. The number of thioether (sulfide) groups is 1. The maximum Gasteiger partial charge on any atom is 0.321 e. The van der Waals surface area contributed by atoms with Gasteiger partial charge < -0.3 is 15.6 Å². The number of carboxylic acid groups (broad SMARTS) is 1. The van der Waals surface area contributed by atoms with Gasteiger partial charge in [-0.3, -0.25) is 4.79 Å². The molecule has 0 saturated heterocycles. The summed E-state index contributed by atoms with van der Waals surface area (Å²) in [5.74, 6) is 1.01. The van der Waals surface area contributed by atoms with Gasteiger partial charge in [-0.1, -0.05) is 17.7 Å². The minimum absolute atomic E-state index is 0.409. The topological polar surface area (TPSA) is 72.5 Å². The number of hydrogen-bond donors (Lipinski definition) is 2. The number of aryl methyl sites for hydroxylation is 1. The first-order valence-electron chi connectivity index (χ1n) is 5.35. The van der Waals surface area contributed by atoms with Crippen LogP contribution in [0.3, 0.4) is 0 Å². The van der Waals surface area contributed by atoms with Crippen LogP contribution >= 0.6 is 11.8 Å². The summed E-state index contributed by atoms with van der Waals surface area (Å²) in [6.07, 6.45) is 0. The summed E-state index contributed by atoms with van der Waals surface area (Å²) in [6.45, 7) is 2.58. The van der Waals surface area contributed by atoms with E-state index in [2.05, 4.69) is 0 Å². The zero-order chi connectivity index (χ0) is 12.7.